The number of rotatable bonds is 7. The van der Waals surface area contributed by atoms with E-state index in [2.05, 4.69) is 15.2 Å². The molecule has 0 aromatic heterocycles. The Bertz CT molecular complexity index is 1230. The lowest BCUT2D eigenvalue weighted by atomic mass is 10.2. The van der Waals surface area contributed by atoms with Gasteiger partial charge >= 0.3 is 0 Å². The van der Waals surface area contributed by atoms with Gasteiger partial charge < -0.3 is 0 Å². The molecule has 154 valence electrons. The Labute approximate surface area is 176 Å². The van der Waals surface area contributed by atoms with Crippen molar-refractivity contribution < 1.29 is 17.7 Å². The number of nitro groups is 1. The first-order chi connectivity index (χ1) is 14.3. The van der Waals surface area contributed by atoms with E-state index in [1.807, 2.05) is 0 Å². The van der Waals surface area contributed by atoms with Gasteiger partial charge in [-0.3, -0.25) is 20.3 Å². The molecule has 0 spiro atoms. The van der Waals surface area contributed by atoms with Gasteiger partial charge in [0.2, 0.25) is 0 Å². The second-order valence-corrected chi connectivity index (χ2v) is 7.97. The van der Waals surface area contributed by atoms with Crippen LogP contribution in [0.2, 0.25) is 5.02 Å². The Hall–Kier alpha value is -3.50. The molecule has 0 aliphatic carbocycles. The Kier molecular flexibility index (Phi) is 6.28. The molecule has 3 aromatic rings. The minimum absolute atomic E-state index is 0.0484. The van der Waals surface area contributed by atoms with Crippen molar-refractivity contribution in [2.45, 2.75) is 4.90 Å². The van der Waals surface area contributed by atoms with Gasteiger partial charge in [0.25, 0.3) is 15.7 Å². The summed E-state index contributed by atoms with van der Waals surface area (Å²) in [5.74, 6) is -0.514. The second-order valence-electron chi connectivity index (χ2n) is 5.91. The zero-order valence-electron chi connectivity index (χ0n) is 15.1. The number of para-hydroxylation sites is 1. The summed E-state index contributed by atoms with van der Waals surface area (Å²) in [6.07, 6.45) is 1.16. The first-order valence-corrected chi connectivity index (χ1v) is 10.2. The molecule has 3 rings (SSSR count). The molecule has 0 bridgehead atoms. The van der Waals surface area contributed by atoms with Gasteiger partial charge in [-0.25, -0.2) is 12.8 Å². The van der Waals surface area contributed by atoms with Crippen LogP contribution in [0.4, 0.5) is 21.5 Å². The lowest BCUT2D eigenvalue weighted by Crippen LogP contribution is -2.15. The van der Waals surface area contributed by atoms with Crippen molar-refractivity contribution in [3.63, 3.8) is 0 Å². The molecule has 0 amide bonds. The number of anilines is 2. The molecule has 0 unspecified atom stereocenters. The molecule has 2 N–H and O–H groups in total. The SMILES string of the molecule is O=[N+]([O-])c1ccc(N/N=C/c2ccccc2F)c(S(=O)(=O)Nc2ccccc2Cl)c1. The van der Waals surface area contributed by atoms with Crippen LogP contribution in [-0.2, 0) is 10.0 Å². The van der Waals surface area contributed by atoms with Crippen molar-refractivity contribution in [1.82, 2.24) is 0 Å². The fraction of sp³-hybridized carbons (Fsp3) is 0. The van der Waals surface area contributed by atoms with Gasteiger partial charge in [-0.1, -0.05) is 41.9 Å². The van der Waals surface area contributed by atoms with E-state index in [-0.39, 0.29) is 22.0 Å². The number of nitrogens with zero attached hydrogens (tertiary/aromatic N) is 2. The topological polar surface area (TPSA) is 114 Å². The van der Waals surface area contributed by atoms with E-state index in [9.17, 15) is 22.9 Å². The number of nitrogens with one attached hydrogen (secondary N) is 2. The summed E-state index contributed by atoms with van der Waals surface area (Å²) in [6, 6.07) is 15.2. The van der Waals surface area contributed by atoms with Crippen LogP contribution in [0.1, 0.15) is 5.56 Å². The third-order valence-corrected chi connectivity index (χ3v) is 5.61. The van der Waals surface area contributed by atoms with E-state index in [0.29, 0.717) is 0 Å². The molecule has 11 heteroatoms. The van der Waals surface area contributed by atoms with Gasteiger partial charge in [-0.05, 0) is 24.3 Å². The van der Waals surface area contributed by atoms with Crippen LogP contribution < -0.4 is 10.1 Å². The molecule has 0 aliphatic heterocycles. The highest BCUT2D eigenvalue weighted by atomic mass is 35.5. The number of hydrogen-bond donors (Lipinski definition) is 2. The van der Waals surface area contributed by atoms with E-state index < -0.39 is 31.3 Å². The smallest absolute Gasteiger partial charge is 0.270 e. The molecule has 0 atom stereocenters. The molecule has 8 nitrogen and oxygen atoms in total. The Morgan fingerprint density at radius 2 is 1.73 bits per heavy atom. The molecule has 30 heavy (non-hydrogen) atoms. The van der Waals surface area contributed by atoms with Crippen molar-refractivity contribution in [1.29, 1.82) is 0 Å². The number of hydrazone groups is 1. The monoisotopic (exact) mass is 448 g/mol. The van der Waals surface area contributed by atoms with Gasteiger partial charge in [-0.2, -0.15) is 5.10 Å². The van der Waals surface area contributed by atoms with Crippen molar-refractivity contribution in [3.8, 4) is 0 Å². The summed E-state index contributed by atoms with van der Waals surface area (Å²) in [5, 5.41) is 15.1. The summed E-state index contributed by atoms with van der Waals surface area (Å²) in [4.78, 5) is 9.97. The van der Waals surface area contributed by atoms with Gasteiger partial charge in [0.05, 0.1) is 27.5 Å². The van der Waals surface area contributed by atoms with Crippen molar-refractivity contribution in [2.24, 2.45) is 5.10 Å². The average molecular weight is 449 g/mol. The number of hydrogen-bond acceptors (Lipinski definition) is 6. The van der Waals surface area contributed by atoms with E-state index in [1.165, 1.54) is 36.4 Å². The zero-order valence-corrected chi connectivity index (χ0v) is 16.7. The summed E-state index contributed by atoms with van der Waals surface area (Å²) >= 11 is 6.00. The Morgan fingerprint density at radius 1 is 1.03 bits per heavy atom. The van der Waals surface area contributed by atoms with Gasteiger partial charge in [0.15, 0.2) is 0 Å². The van der Waals surface area contributed by atoms with Gasteiger partial charge in [0, 0.05) is 17.7 Å². The minimum atomic E-state index is -4.28. The molecular weight excluding hydrogens is 435 g/mol. The highest BCUT2D eigenvalue weighted by molar-refractivity contribution is 7.93. The maximum atomic E-state index is 13.7. The van der Waals surface area contributed by atoms with Crippen molar-refractivity contribution >= 4 is 44.9 Å². The highest BCUT2D eigenvalue weighted by Gasteiger charge is 2.23. The molecule has 0 heterocycles. The molecular formula is C19H14ClFN4O4S. The molecule has 0 saturated heterocycles. The largest absolute Gasteiger partial charge is 0.278 e. The highest BCUT2D eigenvalue weighted by Crippen LogP contribution is 2.30. The van der Waals surface area contributed by atoms with Crippen LogP contribution in [0.5, 0.6) is 0 Å². The average Bonchev–Trinajstić information content (AvgIpc) is 2.71. The Morgan fingerprint density at radius 3 is 2.43 bits per heavy atom. The number of nitro benzene ring substituents is 1. The molecule has 0 aliphatic rings. The predicted octanol–water partition coefficient (Wildman–Crippen LogP) is 4.63. The quantitative estimate of drug-likeness (QED) is 0.310. The lowest BCUT2D eigenvalue weighted by molar-refractivity contribution is -0.385. The predicted molar refractivity (Wildman–Crippen MR) is 113 cm³/mol. The number of non-ortho nitro benzene ring substituents is 1. The summed E-state index contributed by atoms with van der Waals surface area (Å²) in [5.41, 5.74) is 2.28. The third kappa shape index (κ3) is 4.91. The molecule has 0 fully saturated rings. The lowest BCUT2D eigenvalue weighted by Gasteiger charge is -2.12. The summed E-state index contributed by atoms with van der Waals surface area (Å²) in [7, 11) is -4.28. The van der Waals surface area contributed by atoms with Crippen LogP contribution in [-0.4, -0.2) is 19.6 Å². The standard InChI is InChI=1S/C19H14ClFN4O4S/c20-15-6-2-4-8-17(15)24-30(28,29)19-11-14(25(26)27)9-10-18(19)23-22-12-13-5-1-3-7-16(13)21/h1-12,23-24H/b22-12+. The van der Waals surface area contributed by atoms with E-state index in [4.69, 9.17) is 11.6 Å². The second kappa shape index (κ2) is 8.89. The first kappa shape index (κ1) is 21.2. The van der Waals surface area contributed by atoms with Crippen LogP contribution in [0.3, 0.4) is 0 Å². The number of halogens is 2. The van der Waals surface area contributed by atoms with Gasteiger partial charge in [-0.15, -0.1) is 0 Å². The fourth-order valence-corrected chi connectivity index (χ4v) is 3.93. The van der Waals surface area contributed by atoms with Crippen LogP contribution in [0.15, 0.2) is 76.7 Å². The van der Waals surface area contributed by atoms with Crippen LogP contribution >= 0.6 is 11.6 Å². The third-order valence-electron chi connectivity index (χ3n) is 3.88. The van der Waals surface area contributed by atoms with E-state index >= 15 is 0 Å². The zero-order chi connectivity index (χ0) is 21.7. The summed E-state index contributed by atoms with van der Waals surface area (Å²) < 4.78 is 41.8. The minimum Gasteiger partial charge on any atom is -0.278 e. The molecule has 3 aromatic carbocycles. The van der Waals surface area contributed by atoms with Crippen molar-refractivity contribution in [2.75, 3.05) is 10.1 Å². The normalized spacial score (nSPS) is 11.4. The number of sulfonamides is 1. The number of benzene rings is 3. The van der Waals surface area contributed by atoms with Crippen molar-refractivity contribution in [3.05, 3.63) is 93.2 Å². The maximum Gasteiger partial charge on any atom is 0.270 e. The van der Waals surface area contributed by atoms with E-state index in [1.54, 1.807) is 18.2 Å². The van der Waals surface area contributed by atoms with Gasteiger partial charge in [0.1, 0.15) is 10.7 Å². The van der Waals surface area contributed by atoms with Crippen LogP contribution in [0, 0.1) is 15.9 Å². The van der Waals surface area contributed by atoms with E-state index in [0.717, 1.165) is 18.3 Å². The first-order valence-electron chi connectivity index (χ1n) is 8.37. The fourth-order valence-electron chi connectivity index (χ4n) is 2.43. The molecule has 0 saturated carbocycles. The van der Waals surface area contributed by atoms with Crippen LogP contribution in [0.25, 0.3) is 0 Å². The maximum absolute atomic E-state index is 13.7. The Balaban J connectivity index is 1.97. The summed E-state index contributed by atoms with van der Waals surface area (Å²) in [6.45, 7) is 0. The molecule has 0 radical (unpaired) electrons.